The van der Waals surface area contributed by atoms with Crippen molar-refractivity contribution in [1.29, 1.82) is 0 Å². The Labute approximate surface area is 224 Å². The van der Waals surface area contributed by atoms with Crippen LogP contribution in [0.5, 0.6) is 5.75 Å². The van der Waals surface area contributed by atoms with E-state index in [-0.39, 0.29) is 21.2 Å². The number of sulfonamides is 1. The fraction of sp³-hybridized carbons (Fsp3) is 0.0667. The van der Waals surface area contributed by atoms with E-state index in [0.717, 1.165) is 26.8 Å². The Morgan fingerprint density at radius 2 is 1.32 bits per heavy atom. The first-order chi connectivity index (χ1) is 18.3. The summed E-state index contributed by atoms with van der Waals surface area (Å²) in [5.41, 5.74) is 2.74. The van der Waals surface area contributed by atoms with Gasteiger partial charge in [0.15, 0.2) is 0 Å². The molecule has 0 aliphatic heterocycles. The molecule has 190 valence electrons. The van der Waals surface area contributed by atoms with Crippen molar-refractivity contribution in [1.82, 2.24) is 0 Å². The van der Waals surface area contributed by atoms with Gasteiger partial charge in [0.25, 0.3) is 15.9 Å². The first-order valence-electron chi connectivity index (χ1n) is 11.8. The summed E-state index contributed by atoms with van der Waals surface area (Å²) in [6.07, 6.45) is 0. The largest absolute Gasteiger partial charge is 0.422 e. The van der Waals surface area contributed by atoms with Gasteiger partial charge < -0.3 is 4.74 Å². The van der Waals surface area contributed by atoms with Crippen molar-refractivity contribution in [2.45, 2.75) is 18.1 Å². The third kappa shape index (κ3) is 4.83. The van der Waals surface area contributed by atoms with Crippen LogP contribution in [-0.4, -0.2) is 20.3 Å². The molecule has 0 saturated carbocycles. The maximum absolute atomic E-state index is 13.8. The van der Waals surface area contributed by atoms with E-state index in [4.69, 9.17) is 4.74 Å². The summed E-state index contributed by atoms with van der Waals surface area (Å²) in [5.74, 6) is -0.971. The van der Waals surface area contributed by atoms with Crippen molar-refractivity contribution in [3.63, 3.8) is 0 Å². The van der Waals surface area contributed by atoms with Crippen LogP contribution < -0.4 is 9.04 Å². The Bertz CT molecular complexity index is 1740. The van der Waals surface area contributed by atoms with Gasteiger partial charge in [-0.15, -0.1) is 11.3 Å². The Hall–Kier alpha value is -4.27. The van der Waals surface area contributed by atoms with Gasteiger partial charge in [-0.3, -0.25) is 4.79 Å². The van der Waals surface area contributed by atoms with E-state index in [1.54, 1.807) is 72.1 Å². The van der Waals surface area contributed by atoms with Crippen molar-refractivity contribution < 1.29 is 22.7 Å². The molecule has 4 aromatic carbocycles. The van der Waals surface area contributed by atoms with E-state index < -0.39 is 21.9 Å². The van der Waals surface area contributed by atoms with E-state index in [1.165, 1.54) is 18.2 Å². The Morgan fingerprint density at radius 3 is 1.92 bits per heavy atom. The van der Waals surface area contributed by atoms with Gasteiger partial charge in [-0.25, -0.2) is 4.79 Å². The lowest BCUT2D eigenvalue weighted by molar-refractivity contribution is 0.0736. The lowest BCUT2D eigenvalue weighted by Crippen LogP contribution is -2.36. The zero-order chi connectivity index (χ0) is 26.9. The van der Waals surface area contributed by atoms with E-state index >= 15 is 0 Å². The number of rotatable bonds is 6. The molecule has 1 heterocycles. The molecule has 0 radical (unpaired) electrons. The van der Waals surface area contributed by atoms with Gasteiger partial charge in [0.2, 0.25) is 0 Å². The highest BCUT2D eigenvalue weighted by molar-refractivity contribution is 7.95. The first kappa shape index (κ1) is 25.4. The minimum atomic E-state index is -4.25. The third-order valence-corrected chi connectivity index (χ3v) is 9.11. The molecular formula is C30H23NO5S2. The number of aryl methyl sites for hydroxylation is 2. The standard InChI is InChI=1S/C30H23NO5S2/c1-20-9-13-22(14-10-20)29(32)31(38(34,35)28-8-5-19-37-28)26-17-18-27(25-7-4-3-6-24(25)26)36-30(33)23-15-11-21(2)12-16-23/h3-19H,1-2H3. The molecule has 0 spiro atoms. The summed E-state index contributed by atoms with van der Waals surface area (Å²) < 4.78 is 34.2. The second-order valence-corrected chi connectivity index (χ2v) is 11.7. The highest BCUT2D eigenvalue weighted by Crippen LogP contribution is 2.38. The molecule has 0 aliphatic rings. The van der Waals surface area contributed by atoms with Crippen LogP contribution >= 0.6 is 11.3 Å². The molecule has 5 aromatic rings. The molecule has 0 saturated heterocycles. The van der Waals surface area contributed by atoms with Crippen LogP contribution in [0.15, 0.2) is 107 Å². The SMILES string of the molecule is Cc1ccc(C(=O)Oc2ccc(N(C(=O)c3ccc(C)cc3)S(=O)(=O)c3cccs3)c3ccccc23)cc1. The first-order valence-corrected chi connectivity index (χ1v) is 14.1. The van der Waals surface area contributed by atoms with Crippen molar-refractivity contribution in [2.75, 3.05) is 4.31 Å². The Kier molecular flexibility index (Phi) is 6.84. The van der Waals surface area contributed by atoms with Crippen LogP contribution in [0.2, 0.25) is 0 Å². The predicted molar refractivity (Wildman–Crippen MR) is 150 cm³/mol. The van der Waals surface area contributed by atoms with Crippen molar-refractivity contribution in [3.05, 3.63) is 125 Å². The van der Waals surface area contributed by atoms with E-state index in [1.807, 2.05) is 26.0 Å². The maximum Gasteiger partial charge on any atom is 0.343 e. The molecule has 0 atom stereocenters. The Balaban J connectivity index is 1.64. The summed E-state index contributed by atoms with van der Waals surface area (Å²) >= 11 is 1.03. The van der Waals surface area contributed by atoms with Crippen molar-refractivity contribution >= 4 is 49.7 Å². The van der Waals surface area contributed by atoms with Crippen LogP contribution in [0, 0.1) is 13.8 Å². The molecule has 0 fully saturated rings. The number of amides is 1. The van der Waals surface area contributed by atoms with Crippen LogP contribution in [0.25, 0.3) is 10.8 Å². The highest BCUT2D eigenvalue weighted by Gasteiger charge is 2.34. The molecule has 5 rings (SSSR count). The summed E-state index contributed by atoms with van der Waals surface area (Å²) in [7, 11) is -4.25. The minimum Gasteiger partial charge on any atom is -0.422 e. The molecule has 0 unspecified atom stereocenters. The summed E-state index contributed by atoms with van der Waals surface area (Å²) in [4.78, 5) is 26.6. The number of thiophene rings is 1. The molecule has 6 nitrogen and oxygen atoms in total. The van der Waals surface area contributed by atoms with Crippen molar-refractivity contribution in [2.24, 2.45) is 0 Å². The number of carbonyl (C=O) groups excluding carboxylic acids is 2. The van der Waals surface area contributed by atoms with Gasteiger partial charge in [0.1, 0.15) is 9.96 Å². The van der Waals surface area contributed by atoms with Crippen LogP contribution in [0.1, 0.15) is 31.8 Å². The fourth-order valence-electron chi connectivity index (χ4n) is 4.03. The number of nitrogens with zero attached hydrogens (tertiary/aromatic N) is 1. The third-order valence-electron chi connectivity index (χ3n) is 6.04. The number of hydrogen-bond acceptors (Lipinski definition) is 6. The van der Waals surface area contributed by atoms with Gasteiger partial charge in [-0.2, -0.15) is 12.7 Å². The summed E-state index contributed by atoms with van der Waals surface area (Å²) in [6, 6.07) is 26.8. The van der Waals surface area contributed by atoms with Gasteiger partial charge in [-0.05, 0) is 61.7 Å². The number of ether oxygens (including phenoxy) is 1. The van der Waals surface area contributed by atoms with Crippen LogP contribution in [0.3, 0.4) is 0 Å². The van der Waals surface area contributed by atoms with Crippen molar-refractivity contribution in [3.8, 4) is 5.75 Å². The van der Waals surface area contributed by atoms with Crippen LogP contribution in [0.4, 0.5) is 5.69 Å². The molecule has 1 aromatic heterocycles. The maximum atomic E-state index is 13.8. The highest BCUT2D eigenvalue weighted by atomic mass is 32.2. The number of fused-ring (bicyclic) bond motifs is 1. The smallest absolute Gasteiger partial charge is 0.343 e. The number of hydrogen-bond donors (Lipinski definition) is 0. The number of anilines is 1. The zero-order valence-electron chi connectivity index (χ0n) is 20.6. The zero-order valence-corrected chi connectivity index (χ0v) is 22.3. The summed E-state index contributed by atoms with van der Waals surface area (Å²) in [6.45, 7) is 3.81. The second-order valence-electron chi connectivity index (χ2n) is 8.76. The normalized spacial score (nSPS) is 11.3. The van der Waals surface area contributed by atoms with E-state index in [2.05, 4.69) is 0 Å². The average Bonchev–Trinajstić information content (AvgIpc) is 3.47. The lowest BCUT2D eigenvalue weighted by atomic mass is 10.1. The van der Waals surface area contributed by atoms with Gasteiger partial charge >= 0.3 is 5.97 Å². The monoisotopic (exact) mass is 541 g/mol. The quantitative estimate of drug-likeness (QED) is 0.175. The number of esters is 1. The van der Waals surface area contributed by atoms with Gasteiger partial charge in [0.05, 0.1) is 11.3 Å². The lowest BCUT2D eigenvalue weighted by Gasteiger charge is -2.24. The van der Waals surface area contributed by atoms with E-state index in [0.29, 0.717) is 16.3 Å². The number of carbonyl (C=O) groups is 2. The van der Waals surface area contributed by atoms with Gasteiger partial charge in [-0.1, -0.05) is 65.7 Å². The minimum absolute atomic E-state index is 0.0388. The molecule has 0 aliphatic carbocycles. The second kappa shape index (κ2) is 10.2. The average molecular weight is 542 g/mol. The molecule has 0 bridgehead atoms. The topological polar surface area (TPSA) is 80.8 Å². The molecular weight excluding hydrogens is 518 g/mol. The molecule has 8 heteroatoms. The summed E-state index contributed by atoms with van der Waals surface area (Å²) in [5, 5.41) is 2.59. The molecule has 1 amide bonds. The predicted octanol–water partition coefficient (Wildman–Crippen LogP) is 6.77. The fourth-order valence-corrected chi connectivity index (χ4v) is 6.53. The van der Waals surface area contributed by atoms with Crippen LogP contribution in [-0.2, 0) is 10.0 Å². The molecule has 0 N–H and O–H groups in total. The Morgan fingerprint density at radius 1 is 0.711 bits per heavy atom. The van der Waals surface area contributed by atoms with E-state index in [9.17, 15) is 18.0 Å². The molecule has 38 heavy (non-hydrogen) atoms. The van der Waals surface area contributed by atoms with Gasteiger partial charge in [0, 0.05) is 16.3 Å². The number of benzene rings is 4.